The smallest absolute Gasteiger partial charge is 0.141 e. The first kappa shape index (κ1) is 14.1. The summed E-state index contributed by atoms with van der Waals surface area (Å²) in [6.07, 6.45) is 0. The third-order valence-corrected chi connectivity index (χ3v) is 4.06. The molecule has 0 bridgehead atoms. The van der Waals surface area contributed by atoms with Crippen LogP contribution in [0.1, 0.15) is 5.56 Å². The zero-order chi connectivity index (χ0) is 14.0. The summed E-state index contributed by atoms with van der Waals surface area (Å²) in [6, 6.07) is 8.34. The number of halogens is 4. The van der Waals surface area contributed by atoms with Crippen molar-refractivity contribution < 1.29 is 8.78 Å². The highest BCUT2D eigenvalue weighted by Crippen LogP contribution is 2.35. The van der Waals surface area contributed by atoms with E-state index in [0.29, 0.717) is 14.9 Å². The Morgan fingerprint density at radius 2 is 1.63 bits per heavy atom. The van der Waals surface area contributed by atoms with Gasteiger partial charge >= 0.3 is 0 Å². The third kappa shape index (κ3) is 3.19. The van der Waals surface area contributed by atoms with Crippen molar-refractivity contribution >= 4 is 35.0 Å². The number of benzene rings is 2. The zero-order valence-electron chi connectivity index (χ0n) is 9.25. The van der Waals surface area contributed by atoms with Crippen LogP contribution in [0.5, 0.6) is 0 Å². The second kappa shape index (κ2) is 5.79. The van der Waals surface area contributed by atoms with Crippen molar-refractivity contribution in [2.45, 2.75) is 9.79 Å². The van der Waals surface area contributed by atoms with Gasteiger partial charge < -0.3 is 0 Å². The van der Waals surface area contributed by atoms with Gasteiger partial charge in [-0.15, -0.1) is 0 Å². The van der Waals surface area contributed by atoms with E-state index in [1.54, 1.807) is 18.2 Å². The zero-order valence-corrected chi connectivity index (χ0v) is 11.6. The molecule has 0 fully saturated rings. The summed E-state index contributed by atoms with van der Waals surface area (Å²) in [7, 11) is 0. The van der Waals surface area contributed by atoms with Crippen LogP contribution in [0.4, 0.5) is 8.78 Å². The molecule has 0 radical (unpaired) electrons. The highest BCUT2D eigenvalue weighted by atomic mass is 35.5. The maximum Gasteiger partial charge on any atom is 0.141 e. The molecular formula is C13H5Cl2F2NS. The lowest BCUT2D eigenvalue weighted by Gasteiger charge is -2.06. The van der Waals surface area contributed by atoms with Gasteiger partial charge in [0.05, 0.1) is 26.6 Å². The SMILES string of the molecule is N#Cc1cc(F)c(Sc2ccc(Cl)c(Cl)c2)c(F)c1. The predicted octanol–water partition coefficient (Wildman–Crippen LogP) is 5.29. The lowest BCUT2D eigenvalue weighted by Crippen LogP contribution is -1.90. The largest absolute Gasteiger partial charge is 0.206 e. The lowest BCUT2D eigenvalue weighted by molar-refractivity contribution is 0.540. The average molecular weight is 316 g/mol. The van der Waals surface area contributed by atoms with Crippen molar-refractivity contribution in [2.75, 3.05) is 0 Å². The van der Waals surface area contributed by atoms with Crippen molar-refractivity contribution in [2.24, 2.45) is 0 Å². The fourth-order valence-corrected chi connectivity index (χ4v) is 2.60. The van der Waals surface area contributed by atoms with Gasteiger partial charge in [0.1, 0.15) is 11.6 Å². The standard InChI is InChI=1S/C13H5Cl2F2NS/c14-9-2-1-8(5-10(9)15)19-13-11(16)3-7(6-18)4-12(13)17/h1-5H. The Bertz CT molecular complexity index is 660. The van der Waals surface area contributed by atoms with Gasteiger partial charge in [-0.05, 0) is 30.3 Å². The maximum absolute atomic E-state index is 13.7. The van der Waals surface area contributed by atoms with E-state index in [2.05, 4.69) is 0 Å². The molecule has 96 valence electrons. The van der Waals surface area contributed by atoms with Crippen LogP contribution in [-0.4, -0.2) is 0 Å². The second-order valence-corrected chi connectivity index (χ2v) is 5.46. The van der Waals surface area contributed by atoms with Gasteiger partial charge in [0.25, 0.3) is 0 Å². The molecule has 2 aromatic rings. The summed E-state index contributed by atoms with van der Waals surface area (Å²) in [5.74, 6) is -1.57. The van der Waals surface area contributed by atoms with Crippen LogP contribution < -0.4 is 0 Å². The van der Waals surface area contributed by atoms with E-state index in [-0.39, 0.29) is 10.5 Å². The van der Waals surface area contributed by atoms with E-state index in [0.717, 1.165) is 23.9 Å². The first-order valence-electron chi connectivity index (χ1n) is 5.03. The first-order chi connectivity index (χ1) is 9.01. The molecule has 0 aliphatic heterocycles. The van der Waals surface area contributed by atoms with Gasteiger partial charge in [0.2, 0.25) is 0 Å². The average Bonchev–Trinajstić information content (AvgIpc) is 2.37. The summed E-state index contributed by atoms with van der Waals surface area (Å²) in [6.45, 7) is 0. The van der Waals surface area contributed by atoms with Gasteiger partial charge in [-0.2, -0.15) is 5.26 Å². The van der Waals surface area contributed by atoms with Crippen molar-refractivity contribution in [3.63, 3.8) is 0 Å². The molecule has 0 atom stereocenters. The van der Waals surface area contributed by atoms with Crippen molar-refractivity contribution in [3.05, 3.63) is 57.6 Å². The minimum Gasteiger partial charge on any atom is -0.206 e. The van der Waals surface area contributed by atoms with Crippen LogP contribution in [0.15, 0.2) is 40.1 Å². The van der Waals surface area contributed by atoms with Crippen LogP contribution >= 0.6 is 35.0 Å². The number of rotatable bonds is 2. The summed E-state index contributed by atoms with van der Waals surface area (Å²) in [5, 5.41) is 9.29. The Labute approximate surface area is 122 Å². The van der Waals surface area contributed by atoms with Gasteiger partial charge in [-0.1, -0.05) is 35.0 Å². The molecule has 0 saturated heterocycles. The normalized spacial score (nSPS) is 10.3. The van der Waals surface area contributed by atoms with Crippen LogP contribution in [-0.2, 0) is 0 Å². The van der Waals surface area contributed by atoms with E-state index >= 15 is 0 Å². The number of hydrogen-bond donors (Lipinski definition) is 0. The number of hydrogen-bond acceptors (Lipinski definition) is 2. The third-order valence-electron chi connectivity index (χ3n) is 2.24. The number of nitriles is 1. The summed E-state index contributed by atoms with van der Waals surface area (Å²) < 4.78 is 27.4. The first-order valence-corrected chi connectivity index (χ1v) is 6.60. The van der Waals surface area contributed by atoms with E-state index in [4.69, 9.17) is 28.5 Å². The van der Waals surface area contributed by atoms with E-state index in [9.17, 15) is 8.78 Å². The molecule has 19 heavy (non-hydrogen) atoms. The molecule has 2 aromatic carbocycles. The molecule has 2 rings (SSSR count). The van der Waals surface area contributed by atoms with Gasteiger partial charge in [0.15, 0.2) is 0 Å². The highest BCUT2D eigenvalue weighted by molar-refractivity contribution is 7.99. The molecule has 0 N–H and O–H groups in total. The highest BCUT2D eigenvalue weighted by Gasteiger charge is 2.13. The van der Waals surface area contributed by atoms with E-state index in [1.165, 1.54) is 6.07 Å². The minimum absolute atomic E-state index is 0.0616. The van der Waals surface area contributed by atoms with Crippen LogP contribution in [0.3, 0.4) is 0 Å². The fraction of sp³-hybridized carbons (Fsp3) is 0. The van der Waals surface area contributed by atoms with Crippen LogP contribution in [0, 0.1) is 23.0 Å². The topological polar surface area (TPSA) is 23.8 Å². The Hall–Kier alpha value is -1.28. The maximum atomic E-state index is 13.7. The monoisotopic (exact) mass is 315 g/mol. The Morgan fingerprint density at radius 1 is 1.00 bits per heavy atom. The summed E-state index contributed by atoms with van der Waals surface area (Å²) >= 11 is 12.5. The molecule has 0 aliphatic rings. The molecule has 6 heteroatoms. The Kier molecular flexibility index (Phi) is 4.31. The second-order valence-electron chi connectivity index (χ2n) is 3.56. The van der Waals surface area contributed by atoms with Crippen molar-refractivity contribution in [1.82, 2.24) is 0 Å². The molecule has 0 amide bonds. The molecule has 0 aliphatic carbocycles. The van der Waals surface area contributed by atoms with Crippen molar-refractivity contribution in [1.29, 1.82) is 5.26 Å². The number of nitrogens with zero attached hydrogens (tertiary/aromatic N) is 1. The summed E-state index contributed by atoms with van der Waals surface area (Å²) in [4.78, 5) is 0.370. The van der Waals surface area contributed by atoms with Crippen molar-refractivity contribution in [3.8, 4) is 6.07 Å². The minimum atomic E-state index is -0.785. The van der Waals surface area contributed by atoms with E-state index in [1.807, 2.05) is 0 Å². The fourth-order valence-electron chi connectivity index (χ4n) is 1.38. The molecular weight excluding hydrogens is 311 g/mol. The van der Waals surface area contributed by atoms with Crippen LogP contribution in [0.2, 0.25) is 10.0 Å². The molecule has 0 spiro atoms. The van der Waals surface area contributed by atoms with Gasteiger partial charge in [0, 0.05) is 4.90 Å². The molecule has 0 aromatic heterocycles. The molecule has 0 unspecified atom stereocenters. The Balaban J connectivity index is 2.38. The molecule has 1 nitrogen and oxygen atoms in total. The predicted molar refractivity (Wildman–Crippen MR) is 71.7 cm³/mol. The van der Waals surface area contributed by atoms with Gasteiger partial charge in [-0.25, -0.2) is 8.78 Å². The molecule has 0 saturated carbocycles. The Morgan fingerprint density at radius 3 is 2.16 bits per heavy atom. The van der Waals surface area contributed by atoms with Crippen LogP contribution in [0.25, 0.3) is 0 Å². The molecule has 0 heterocycles. The van der Waals surface area contributed by atoms with E-state index < -0.39 is 11.6 Å². The lowest BCUT2D eigenvalue weighted by atomic mass is 10.2. The quantitative estimate of drug-likeness (QED) is 0.751. The summed E-state index contributed by atoms with van der Waals surface area (Å²) in [5.41, 5.74) is -0.0616. The van der Waals surface area contributed by atoms with Gasteiger partial charge in [-0.3, -0.25) is 0 Å².